The van der Waals surface area contributed by atoms with Crippen LogP contribution in [-0.2, 0) is 0 Å². The SMILES string of the molecule is C[C@H]1CCCC[C@H]1NC(=O)c1ccc2c(c1)NC(=O)c1ccccc1S2. The molecule has 2 aliphatic rings. The maximum Gasteiger partial charge on any atom is 0.256 e. The standard InChI is InChI=1S/C21H22N2O2S/c1-13-6-2-4-8-16(13)22-20(24)14-10-11-19-17(12-14)23-21(25)15-7-3-5-9-18(15)26-19/h3,5,7,9-13,16H,2,4,6,8H2,1H3,(H,22,24)(H,23,25)/t13-,16+/m0/s1. The molecule has 2 amide bonds. The number of hydrogen-bond acceptors (Lipinski definition) is 3. The Morgan fingerprint density at radius 3 is 2.77 bits per heavy atom. The van der Waals surface area contributed by atoms with Crippen LogP contribution in [0.3, 0.4) is 0 Å². The van der Waals surface area contributed by atoms with Crippen LogP contribution in [0.5, 0.6) is 0 Å². The van der Waals surface area contributed by atoms with Crippen molar-refractivity contribution in [3.05, 3.63) is 53.6 Å². The number of nitrogens with one attached hydrogen (secondary N) is 2. The van der Waals surface area contributed by atoms with E-state index >= 15 is 0 Å². The van der Waals surface area contributed by atoms with E-state index < -0.39 is 0 Å². The minimum atomic E-state index is -0.134. The fraction of sp³-hybridized carbons (Fsp3) is 0.333. The maximum absolute atomic E-state index is 12.7. The third-order valence-corrected chi connectivity index (χ3v) is 6.42. The summed E-state index contributed by atoms with van der Waals surface area (Å²) in [5.41, 5.74) is 1.95. The zero-order valence-corrected chi connectivity index (χ0v) is 15.6. The number of carbonyl (C=O) groups excluding carboxylic acids is 2. The number of hydrogen-bond donors (Lipinski definition) is 2. The molecular formula is C21H22N2O2S. The van der Waals surface area contributed by atoms with Crippen LogP contribution in [0.15, 0.2) is 52.3 Å². The van der Waals surface area contributed by atoms with Gasteiger partial charge in [-0.25, -0.2) is 0 Å². The average molecular weight is 366 g/mol. The molecule has 2 N–H and O–H groups in total. The first-order valence-electron chi connectivity index (χ1n) is 9.15. The van der Waals surface area contributed by atoms with E-state index in [4.69, 9.17) is 0 Å². The highest BCUT2D eigenvalue weighted by atomic mass is 32.2. The summed E-state index contributed by atoms with van der Waals surface area (Å²) in [4.78, 5) is 27.1. The van der Waals surface area contributed by atoms with Crippen molar-refractivity contribution in [3.63, 3.8) is 0 Å². The monoisotopic (exact) mass is 366 g/mol. The Labute approximate surface area is 157 Å². The Bertz CT molecular complexity index is 865. The summed E-state index contributed by atoms with van der Waals surface area (Å²) in [6.45, 7) is 2.20. The van der Waals surface area contributed by atoms with Crippen molar-refractivity contribution in [1.82, 2.24) is 5.32 Å². The summed E-state index contributed by atoms with van der Waals surface area (Å²) in [5.74, 6) is 0.316. The van der Waals surface area contributed by atoms with Gasteiger partial charge in [0, 0.05) is 21.4 Å². The van der Waals surface area contributed by atoms with Crippen LogP contribution in [0, 0.1) is 5.92 Å². The molecule has 0 saturated heterocycles. The van der Waals surface area contributed by atoms with E-state index in [1.165, 1.54) is 19.3 Å². The predicted molar refractivity (Wildman–Crippen MR) is 104 cm³/mol. The van der Waals surface area contributed by atoms with Crippen molar-refractivity contribution in [3.8, 4) is 0 Å². The second-order valence-corrected chi connectivity index (χ2v) is 8.19. The van der Waals surface area contributed by atoms with Crippen LogP contribution >= 0.6 is 11.8 Å². The van der Waals surface area contributed by atoms with Crippen molar-refractivity contribution < 1.29 is 9.59 Å². The molecule has 1 heterocycles. The molecule has 2 atom stereocenters. The van der Waals surface area contributed by atoms with E-state index in [0.29, 0.717) is 22.7 Å². The molecule has 2 aromatic carbocycles. The first-order chi connectivity index (χ1) is 12.6. The molecule has 0 radical (unpaired) electrons. The highest BCUT2D eigenvalue weighted by Gasteiger charge is 2.24. The zero-order valence-electron chi connectivity index (χ0n) is 14.7. The molecule has 4 rings (SSSR count). The first-order valence-corrected chi connectivity index (χ1v) is 9.96. The summed E-state index contributed by atoms with van der Waals surface area (Å²) in [7, 11) is 0. The van der Waals surface area contributed by atoms with Crippen LogP contribution in [-0.4, -0.2) is 17.9 Å². The number of benzene rings is 2. The van der Waals surface area contributed by atoms with Crippen molar-refractivity contribution in [1.29, 1.82) is 0 Å². The van der Waals surface area contributed by atoms with Crippen molar-refractivity contribution in [2.45, 2.75) is 48.4 Å². The van der Waals surface area contributed by atoms with Crippen LogP contribution in [0.25, 0.3) is 0 Å². The van der Waals surface area contributed by atoms with Gasteiger partial charge < -0.3 is 10.6 Å². The Hall–Kier alpha value is -2.27. The van der Waals surface area contributed by atoms with E-state index in [-0.39, 0.29) is 17.9 Å². The van der Waals surface area contributed by atoms with Gasteiger partial charge in [0.15, 0.2) is 0 Å². The molecule has 1 aliphatic carbocycles. The number of carbonyl (C=O) groups is 2. The van der Waals surface area contributed by atoms with Gasteiger partial charge in [-0.05, 0) is 49.1 Å². The van der Waals surface area contributed by atoms with Crippen molar-refractivity contribution >= 4 is 29.3 Å². The molecule has 0 spiro atoms. The van der Waals surface area contributed by atoms with Gasteiger partial charge in [0.1, 0.15) is 0 Å². The van der Waals surface area contributed by atoms with Crippen LogP contribution in [0.4, 0.5) is 5.69 Å². The minimum absolute atomic E-state index is 0.0624. The molecule has 1 fully saturated rings. The molecule has 0 unspecified atom stereocenters. The van der Waals surface area contributed by atoms with E-state index in [9.17, 15) is 9.59 Å². The van der Waals surface area contributed by atoms with Gasteiger partial charge in [-0.1, -0.05) is 43.7 Å². The summed E-state index contributed by atoms with van der Waals surface area (Å²) in [6.07, 6.45) is 4.63. The second kappa shape index (κ2) is 7.16. The highest BCUT2D eigenvalue weighted by Crippen LogP contribution is 2.39. The van der Waals surface area contributed by atoms with Crippen LogP contribution < -0.4 is 10.6 Å². The molecule has 1 aliphatic heterocycles. The lowest BCUT2D eigenvalue weighted by Gasteiger charge is -2.29. The molecule has 1 saturated carbocycles. The average Bonchev–Trinajstić information content (AvgIpc) is 2.79. The molecule has 5 heteroatoms. The first kappa shape index (κ1) is 17.2. The fourth-order valence-corrected chi connectivity index (χ4v) is 4.70. The lowest BCUT2D eigenvalue weighted by atomic mass is 9.86. The quantitative estimate of drug-likeness (QED) is 0.809. The predicted octanol–water partition coefficient (Wildman–Crippen LogP) is 4.71. The normalized spacial score (nSPS) is 21.8. The third kappa shape index (κ3) is 3.36. The number of anilines is 1. The van der Waals surface area contributed by atoms with Crippen molar-refractivity contribution in [2.75, 3.05) is 5.32 Å². The number of amides is 2. The number of fused-ring (bicyclic) bond motifs is 2. The molecule has 26 heavy (non-hydrogen) atoms. The Morgan fingerprint density at radius 1 is 1.12 bits per heavy atom. The molecule has 0 aromatic heterocycles. The fourth-order valence-electron chi connectivity index (χ4n) is 3.69. The lowest BCUT2D eigenvalue weighted by Crippen LogP contribution is -2.41. The zero-order chi connectivity index (χ0) is 18.1. The molecule has 134 valence electrons. The second-order valence-electron chi connectivity index (χ2n) is 7.10. The van der Waals surface area contributed by atoms with E-state index in [2.05, 4.69) is 17.6 Å². The van der Waals surface area contributed by atoms with Gasteiger partial charge in [-0.3, -0.25) is 9.59 Å². The topological polar surface area (TPSA) is 58.2 Å². The van der Waals surface area contributed by atoms with Gasteiger partial charge >= 0.3 is 0 Å². The van der Waals surface area contributed by atoms with Gasteiger partial charge in [-0.15, -0.1) is 0 Å². The smallest absolute Gasteiger partial charge is 0.256 e. The van der Waals surface area contributed by atoms with E-state index in [1.54, 1.807) is 17.8 Å². The Kier molecular flexibility index (Phi) is 4.72. The largest absolute Gasteiger partial charge is 0.349 e. The van der Waals surface area contributed by atoms with Gasteiger partial charge in [0.25, 0.3) is 11.8 Å². The Balaban J connectivity index is 1.57. The van der Waals surface area contributed by atoms with E-state index in [0.717, 1.165) is 16.2 Å². The van der Waals surface area contributed by atoms with E-state index in [1.807, 2.05) is 36.4 Å². The Morgan fingerprint density at radius 2 is 1.92 bits per heavy atom. The molecule has 0 bridgehead atoms. The minimum Gasteiger partial charge on any atom is -0.349 e. The van der Waals surface area contributed by atoms with Gasteiger partial charge in [0.05, 0.1) is 11.3 Å². The molecule has 2 aromatic rings. The maximum atomic E-state index is 12.7. The van der Waals surface area contributed by atoms with Gasteiger partial charge in [0.2, 0.25) is 0 Å². The number of rotatable bonds is 2. The lowest BCUT2D eigenvalue weighted by molar-refractivity contribution is 0.0909. The summed E-state index contributed by atoms with van der Waals surface area (Å²) in [6, 6.07) is 13.3. The van der Waals surface area contributed by atoms with Gasteiger partial charge in [-0.2, -0.15) is 0 Å². The summed E-state index contributed by atoms with van der Waals surface area (Å²) >= 11 is 1.55. The third-order valence-electron chi connectivity index (χ3n) is 5.27. The van der Waals surface area contributed by atoms with Crippen molar-refractivity contribution in [2.24, 2.45) is 5.92 Å². The summed E-state index contributed by atoms with van der Waals surface area (Å²) in [5, 5.41) is 6.12. The van der Waals surface area contributed by atoms with Crippen LogP contribution in [0.1, 0.15) is 53.3 Å². The summed E-state index contributed by atoms with van der Waals surface area (Å²) < 4.78 is 0. The molecular weight excluding hydrogens is 344 g/mol. The molecule has 4 nitrogen and oxygen atoms in total. The van der Waals surface area contributed by atoms with Crippen LogP contribution in [0.2, 0.25) is 0 Å². The highest BCUT2D eigenvalue weighted by molar-refractivity contribution is 7.99.